The van der Waals surface area contributed by atoms with Crippen LogP contribution in [0, 0.1) is 0 Å². The van der Waals surface area contributed by atoms with Gasteiger partial charge in [0.05, 0.1) is 6.61 Å². The highest BCUT2D eigenvalue weighted by molar-refractivity contribution is 5.81. The van der Waals surface area contributed by atoms with Crippen molar-refractivity contribution in [3.63, 3.8) is 0 Å². The molecule has 0 unspecified atom stereocenters. The number of ether oxygens (including phenoxy) is 3. The maximum Gasteiger partial charge on any atom is 0.410 e. The molecule has 0 heterocycles. The Morgan fingerprint density at radius 1 is 1.10 bits per heavy atom. The van der Waals surface area contributed by atoms with Gasteiger partial charge in [-0.3, -0.25) is 9.69 Å². The molecule has 7 heteroatoms. The second-order valence-electron chi connectivity index (χ2n) is 8.29. The van der Waals surface area contributed by atoms with Crippen molar-refractivity contribution >= 4 is 18.0 Å². The summed E-state index contributed by atoms with van der Waals surface area (Å²) in [7, 11) is 1.51. The number of hydrogen-bond acceptors (Lipinski definition) is 6. The molecular weight excluding hydrogens is 386 g/mol. The standard InChI is InChI=1S/C23H33NO6/c1-16(2)13-20(24(7)22(27)30-23(4,5)6)21(26)29-15-19-10-8-9-18(14-19)11-12-28-17(3)25/h8-10,14,20H,1,11-13,15H2,2-7H3/t20-/m0/s1. The molecule has 1 amide bonds. The molecule has 0 saturated heterocycles. The third-order valence-electron chi connectivity index (χ3n) is 4.03. The van der Waals surface area contributed by atoms with E-state index in [1.54, 1.807) is 27.7 Å². The molecule has 0 aliphatic carbocycles. The van der Waals surface area contributed by atoms with Crippen molar-refractivity contribution in [1.29, 1.82) is 0 Å². The SMILES string of the molecule is C=C(C)C[C@@H](C(=O)OCc1cccc(CCOC(C)=O)c1)N(C)C(=O)OC(C)(C)C. The summed E-state index contributed by atoms with van der Waals surface area (Å²) >= 11 is 0. The van der Waals surface area contributed by atoms with Gasteiger partial charge in [0.25, 0.3) is 0 Å². The number of amides is 1. The molecule has 0 fully saturated rings. The van der Waals surface area contributed by atoms with Crippen LogP contribution < -0.4 is 0 Å². The molecule has 1 atom stereocenters. The monoisotopic (exact) mass is 419 g/mol. The maximum absolute atomic E-state index is 12.7. The molecule has 0 aliphatic rings. The molecule has 1 rings (SSSR count). The molecule has 0 bridgehead atoms. The number of rotatable bonds is 9. The molecule has 0 saturated carbocycles. The van der Waals surface area contributed by atoms with E-state index < -0.39 is 23.7 Å². The Morgan fingerprint density at radius 3 is 2.30 bits per heavy atom. The first-order chi connectivity index (χ1) is 13.9. The van der Waals surface area contributed by atoms with Crippen LogP contribution in [0.3, 0.4) is 0 Å². The van der Waals surface area contributed by atoms with Gasteiger partial charge in [0.1, 0.15) is 18.2 Å². The zero-order valence-electron chi connectivity index (χ0n) is 18.8. The van der Waals surface area contributed by atoms with Crippen LogP contribution in [0.25, 0.3) is 0 Å². The van der Waals surface area contributed by atoms with Crippen molar-refractivity contribution in [2.45, 2.75) is 65.7 Å². The van der Waals surface area contributed by atoms with E-state index in [9.17, 15) is 14.4 Å². The lowest BCUT2D eigenvalue weighted by Gasteiger charge is -2.29. The van der Waals surface area contributed by atoms with E-state index in [1.807, 2.05) is 24.3 Å². The summed E-state index contributed by atoms with van der Waals surface area (Å²) in [5.74, 6) is -0.852. The van der Waals surface area contributed by atoms with E-state index >= 15 is 0 Å². The van der Waals surface area contributed by atoms with Gasteiger partial charge < -0.3 is 14.2 Å². The van der Waals surface area contributed by atoms with Gasteiger partial charge in [-0.2, -0.15) is 0 Å². The Hall–Kier alpha value is -2.83. The number of likely N-dealkylation sites (N-methyl/N-ethyl adjacent to an activating group) is 1. The molecule has 0 aromatic heterocycles. The Kier molecular flexibility index (Phi) is 9.56. The van der Waals surface area contributed by atoms with Crippen LogP contribution in [0.15, 0.2) is 36.4 Å². The number of benzene rings is 1. The van der Waals surface area contributed by atoms with Crippen LogP contribution in [-0.4, -0.2) is 48.2 Å². The van der Waals surface area contributed by atoms with E-state index in [4.69, 9.17) is 14.2 Å². The predicted octanol–water partition coefficient (Wildman–Crippen LogP) is 4.04. The van der Waals surface area contributed by atoms with Crippen molar-refractivity contribution in [1.82, 2.24) is 4.90 Å². The minimum Gasteiger partial charge on any atom is -0.466 e. The van der Waals surface area contributed by atoms with Gasteiger partial charge in [-0.25, -0.2) is 9.59 Å². The first-order valence-corrected chi connectivity index (χ1v) is 9.87. The molecule has 0 spiro atoms. The van der Waals surface area contributed by atoms with Crippen molar-refractivity contribution in [2.24, 2.45) is 0 Å². The third kappa shape index (κ3) is 9.58. The number of esters is 2. The van der Waals surface area contributed by atoms with Crippen molar-refractivity contribution in [3.05, 3.63) is 47.5 Å². The molecule has 7 nitrogen and oxygen atoms in total. The fourth-order valence-electron chi connectivity index (χ4n) is 2.61. The van der Waals surface area contributed by atoms with Gasteiger partial charge in [0, 0.05) is 20.4 Å². The van der Waals surface area contributed by atoms with E-state index in [0.717, 1.165) is 16.7 Å². The lowest BCUT2D eigenvalue weighted by molar-refractivity contribution is -0.150. The first-order valence-electron chi connectivity index (χ1n) is 9.87. The van der Waals surface area contributed by atoms with Crippen LogP contribution >= 0.6 is 0 Å². The topological polar surface area (TPSA) is 82.1 Å². The average Bonchev–Trinajstić information content (AvgIpc) is 2.62. The lowest BCUT2D eigenvalue weighted by atomic mass is 10.1. The first kappa shape index (κ1) is 25.2. The van der Waals surface area contributed by atoms with Crippen LogP contribution in [0.5, 0.6) is 0 Å². The lowest BCUT2D eigenvalue weighted by Crippen LogP contribution is -2.45. The normalized spacial score (nSPS) is 11.9. The Morgan fingerprint density at radius 2 is 1.73 bits per heavy atom. The highest BCUT2D eigenvalue weighted by atomic mass is 16.6. The Balaban J connectivity index is 2.77. The Labute approximate surface area is 179 Å². The summed E-state index contributed by atoms with van der Waals surface area (Å²) < 4.78 is 15.8. The molecular formula is C23H33NO6. The van der Waals surface area contributed by atoms with Gasteiger partial charge >= 0.3 is 18.0 Å². The quantitative estimate of drug-likeness (QED) is 0.341. The van der Waals surface area contributed by atoms with E-state index in [2.05, 4.69) is 6.58 Å². The number of carbonyl (C=O) groups excluding carboxylic acids is 3. The minimum atomic E-state index is -0.829. The van der Waals surface area contributed by atoms with Gasteiger partial charge in [0.2, 0.25) is 0 Å². The van der Waals surface area contributed by atoms with Crippen molar-refractivity contribution < 1.29 is 28.6 Å². The van der Waals surface area contributed by atoms with Gasteiger partial charge in [-0.15, -0.1) is 6.58 Å². The largest absolute Gasteiger partial charge is 0.466 e. The van der Waals surface area contributed by atoms with Crippen LogP contribution in [0.4, 0.5) is 4.79 Å². The van der Waals surface area contributed by atoms with Crippen molar-refractivity contribution in [2.75, 3.05) is 13.7 Å². The van der Waals surface area contributed by atoms with Crippen LogP contribution in [0.2, 0.25) is 0 Å². The fourth-order valence-corrected chi connectivity index (χ4v) is 2.61. The molecule has 0 radical (unpaired) electrons. The summed E-state index contributed by atoms with van der Waals surface area (Å²) in [6.07, 6.45) is 0.246. The van der Waals surface area contributed by atoms with Crippen molar-refractivity contribution in [3.8, 4) is 0 Å². The van der Waals surface area contributed by atoms with Crippen LogP contribution in [-0.2, 0) is 36.8 Å². The second-order valence-corrected chi connectivity index (χ2v) is 8.29. The summed E-state index contributed by atoms with van der Waals surface area (Å²) in [5, 5.41) is 0. The number of hydrogen-bond donors (Lipinski definition) is 0. The van der Waals surface area contributed by atoms with E-state index in [0.29, 0.717) is 13.0 Å². The maximum atomic E-state index is 12.7. The van der Waals surface area contributed by atoms with E-state index in [-0.39, 0.29) is 19.0 Å². The van der Waals surface area contributed by atoms with Gasteiger partial charge in [-0.05, 0) is 45.2 Å². The zero-order valence-corrected chi connectivity index (χ0v) is 18.8. The molecule has 30 heavy (non-hydrogen) atoms. The Bertz CT molecular complexity index is 765. The molecule has 0 N–H and O–H groups in total. The summed E-state index contributed by atoms with van der Waals surface area (Å²) in [6.45, 7) is 12.6. The van der Waals surface area contributed by atoms with Gasteiger partial charge in [-0.1, -0.05) is 29.8 Å². The average molecular weight is 420 g/mol. The fraction of sp³-hybridized carbons (Fsp3) is 0.522. The smallest absolute Gasteiger partial charge is 0.410 e. The highest BCUT2D eigenvalue weighted by Crippen LogP contribution is 2.17. The second kappa shape index (κ2) is 11.4. The summed E-state index contributed by atoms with van der Waals surface area (Å²) in [4.78, 5) is 37.2. The number of nitrogens with zero attached hydrogens (tertiary/aromatic N) is 1. The molecule has 1 aromatic rings. The molecule has 166 valence electrons. The molecule has 0 aliphatic heterocycles. The summed E-state index contributed by atoms with van der Waals surface area (Å²) in [6, 6.07) is 6.67. The zero-order chi connectivity index (χ0) is 22.9. The van der Waals surface area contributed by atoms with E-state index in [1.165, 1.54) is 18.9 Å². The predicted molar refractivity (Wildman–Crippen MR) is 114 cm³/mol. The highest BCUT2D eigenvalue weighted by Gasteiger charge is 2.31. The minimum absolute atomic E-state index is 0.0646. The van der Waals surface area contributed by atoms with Gasteiger partial charge in [0.15, 0.2) is 0 Å². The number of carbonyl (C=O) groups is 3. The summed E-state index contributed by atoms with van der Waals surface area (Å²) in [5.41, 5.74) is 1.85. The third-order valence-corrected chi connectivity index (χ3v) is 4.03. The molecule has 1 aromatic carbocycles. The van der Waals surface area contributed by atoms with Crippen LogP contribution in [0.1, 0.15) is 52.2 Å².